The van der Waals surface area contributed by atoms with E-state index >= 15 is 0 Å². The lowest BCUT2D eigenvalue weighted by molar-refractivity contribution is 1.35. The van der Waals surface area contributed by atoms with Crippen LogP contribution in [0.15, 0.2) is 121 Å². The van der Waals surface area contributed by atoms with Gasteiger partial charge in [0.05, 0.1) is 33.1 Å². The second-order valence-corrected chi connectivity index (χ2v) is 11.4. The summed E-state index contributed by atoms with van der Waals surface area (Å²) >= 11 is 0. The molecule has 2 nitrogen and oxygen atoms in total. The molecule has 0 unspecified atom stereocenters. The minimum Gasteiger partial charge on any atom is -0.308 e. The Morgan fingerprint density at radius 2 is 0.875 bits per heavy atom. The van der Waals surface area contributed by atoms with Gasteiger partial charge in [-0.1, -0.05) is 84.9 Å². The molecule has 0 atom stereocenters. The first-order valence-corrected chi connectivity index (χ1v) is 14.0. The number of fused-ring (bicyclic) bond motifs is 15. The topological polar surface area (TPSA) is 8.82 Å². The maximum absolute atomic E-state index is 2.52. The van der Waals surface area contributed by atoms with Crippen LogP contribution in [0.5, 0.6) is 0 Å². The van der Waals surface area contributed by atoms with Crippen molar-refractivity contribution in [2.45, 2.75) is 0 Å². The Hall–Kier alpha value is -5.34. The van der Waals surface area contributed by atoms with E-state index in [9.17, 15) is 0 Å². The smallest absolute Gasteiger partial charge is 0.0626 e. The number of hydrogen-bond donors (Lipinski definition) is 0. The average Bonchev–Trinajstić information content (AvgIpc) is 3.71. The van der Waals surface area contributed by atoms with Crippen LogP contribution < -0.4 is 0 Å². The molecule has 11 aromatic rings. The van der Waals surface area contributed by atoms with Gasteiger partial charge in [-0.15, -0.1) is 0 Å². The lowest BCUT2D eigenvalue weighted by Gasteiger charge is -2.04. The van der Waals surface area contributed by atoms with Gasteiger partial charge < -0.3 is 8.80 Å². The SMILES string of the molecule is c1ccc2cc3c(cc2c1)c1cccc2c4cc5c6c7ccccc7cc7c8ccccc8n(c5cc4n3c12)c76. The van der Waals surface area contributed by atoms with Crippen molar-refractivity contribution in [1.82, 2.24) is 8.80 Å². The maximum Gasteiger partial charge on any atom is 0.0626 e. The lowest BCUT2D eigenvalue weighted by Crippen LogP contribution is -1.84. The first kappa shape index (κ1) is 19.7. The van der Waals surface area contributed by atoms with Gasteiger partial charge in [0.2, 0.25) is 0 Å². The molecule has 0 bridgehead atoms. The molecule has 2 heteroatoms. The van der Waals surface area contributed by atoms with Crippen LogP contribution in [-0.4, -0.2) is 8.80 Å². The third kappa shape index (κ3) is 2.07. The number of nitrogens with zero attached hydrogens (tertiary/aromatic N) is 2. The molecule has 0 aliphatic heterocycles. The lowest BCUT2D eigenvalue weighted by atomic mass is 9.99. The van der Waals surface area contributed by atoms with Crippen molar-refractivity contribution in [3.63, 3.8) is 0 Å². The zero-order chi connectivity index (χ0) is 25.7. The second-order valence-electron chi connectivity index (χ2n) is 11.4. The normalized spacial score (nSPS) is 13.0. The molecular formula is C38H20N2. The summed E-state index contributed by atoms with van der Waals surface area (Å²) in [6.45, 7) is 0. The van der Waals surface area contributed by atoms with Crippen LogP contribution in [0.25, 0.3) is 97.7 Å². The first-order valence-electron chi connectivity index (χ1n) is 14.0. The fourth-order valence-corrected chi connectivity index (χ4v) is 7.90. The molecule has 0 aliphatic rings. The first-order chi connectivity index (χ1) is 19.8. The van der Waals surface area contributed by atoms with Crippen LogP contribution in [0.4, 0.5) is 0 Å². The predicted molar refractivity (Wildman–Crippen MR) is 171 cm³/mol. The van der Waals surface area contributed by atoms with Crippen molar-refractivity contribution in [2.75, 3.05) is 0 Å². The molecule has 4 heterocycles. The predicted octanol–water partition coefficient (Wildman–Crippen LogP) is 10.3. The summed E-state index contributed by atoms with van der Waals surface area (Å²) in [7, 11) is 0. The van der Waals surface area contributed by atoms with E-state index in [0.29, 0.717) is 0 Å². The van der Waals surface area contributed by atoms with E-state index in [1.54, 1.807) is 0 Å². The van der Waals surface area contributed by atoms with Gasteiger partial charge >= 0.3 is 0 Å². The van der Waals surface area contributed by atoms with Gasteiger partial charge in [-0.2, -0.15) is 0 Å². The molecule has 0 saturated carbocycles. The molecule has 0 spiro atoms. The summed E-state index contributed by atoms with van der Waals surface area (Å²) < 4.78 is 5.04. The molecule has 0 aliphatic carbocycles. The minimum absolute atomic E-state index is 1.27. The molecule has 0 fully saturated rings. The molecule has 11 rings (SSSR count). The maximum atomic E-state index is 2.52. The van der Waals surface area contributed by atoms with Crippen molar-refractivity contribution in [3.05, 3.63) is 121 Å². The molecule has 0 radical (unpaired) electrons. The van der Waals surface area contributed by atoms with Crippen LogP contribution in [-0.2, 0) is 0 Å². The monoisotopic (exact) mass is 504 g/mol. The van der Waals surface area contributed by atoms with E-state index in [-0.39, 0.29) is 0 Å². The number of para-hydroxylation sites is 2. The molecular weight excluding hydrogens is 484 g/mol. The summed E-state index contributed by atoms with van der Waals surface area (Å²) in [4.78, 5) is 0. The highest BCUT2D eigenvalue weighted by molar-refractivity contribution is 6.34. The van der Waals surface area contributed by atoms with E-state index in [1.807, 2.05) is 0 Å². The quantitative estimate of drug-likeness (QED) is 0.194. The third-order valence-corrected chi connectivity index (χ3v) is 9.49. The molecule has 4 aromatic heterocycles. The van der Waals surface area contributed by atoms with E-state index in [0.717, 1.165) is 0 Å². The summed E-state index contributed by atoms with van der Waals surface area (Å²) in [6, 6.07) is 45.3. The van der Waals surface area contributed by atoms with Crippen LogP contribution in [0.3, 0.4) is 0 Å². The van der Waals surface area contributed by atoms with Gasteiger partial charge in [-0.25, -0.2) is 0 Å². The zero-order valence-corrected chi connectivity index (χ0v) is 21.4. The molecule has 40 heavy (non-hydrogen) atoms. The van der Waals surface area contributed by atoms with Crippen molar-refractivity contribution >= 4 is 97.7 Å². The van der Waals surface area contributed by atoms with E-state index in [4.69, 9.17) is 0 Å². The average molecular weight is 505 g/mol. The van der Waals surface area contributed by atoms with Crippen LogP contribution >= 0.6 is 0 Å². The number of hydrogen-bond acceptors (Lipinski definition) is 0. The number of aromatic nitrogens is 2. The number of benzene rings is 7. The summed E-state index contributed by atoms with van der Waals surface area (Å²) in [5.41, 5.74) is 7.77. The summed E-state index contributed by atoms with van der Waals surface area (Å²) in [5, 5.41) is 15.8. The molecule has 0 amide bonds. The third-order valence-electron chi connectivity index (χ3n) is 9.49. The van der Waals surface area contributed by atoms with E-state index in [1.165, 1.54) is 97.7 Å². The van der Waals surface area contributed by atoms with Crippen molar-refractivity contribution in [1.29, 1.82) is 0 Å². The van der Waals surface area contributed by atoms with Crippen molar-refractivity contribution < 1.29 is 0 Å². The fraction of sp³-hybridized carbons (Fsp3) is 0. The van der Waals surface area contributed by atoms with Crippen LogP contribution in [0, 0.1) is 0 Å². The molecule has 0 N–H and O–H groups in total. The van der Waals surface area contributed by atoms with Gasteiger partial charge in [0, 0.05) is 43.1 Å². The zero-order valence-electron chi connectivity index (χ0n) is 21.4. The Balaban J connectivity index is 1.45. The van der Waals surface area contributed by atoms with Crippen molar-refractivity contribution in [2.24, 2.45) is 0 Å². The summed E-state index contributed by atoms with van der Waals surface area (Å²) in [6.07, 6.45) is 0. The van der Waals surface area contributed by atoms with E-state index < -0.39 is 0 Å². The highest BCUT2D eigenvalue weighted by atomic mass is 14.9. The molecule has 182 valence electrons. The van der Waals surface area contributed by atoms with Gasteiger partial charge in [0.15, 0.2) is 0 Å². The molecule has 7 aromatic carbocycles. The van der Waals surface area contributed by atoms with Gasteiger partial charge in [-0.05, 0) is 57.9 Å². The van der Waals surface area contributed by atoms with Gasteiger partial charge in [-0.3, -0.25) is 0 Å². The van der Waals surface area contributed by atoms with Crippen LogP contribution in [0.2, 0.25) is 0 Å². The Bertz CT molecular complexity index is 2860. The van der Waals surface area contributed by atoms with Gasteiger partial charge in [0.25, 0.3) is 0 Å². The van der Waals surface area contributed by atoms with Crippen LogP contribution in [0.1, 0.15) is 0 Å². The fourth-order valence-electron chi connectivity index (χ4n) is 7.90. The van der Waals surface area contributed by atoms with Crippen molar-refractivity contribution in [3.8, 4) is 0 Å². The standard InChI is InChI=1S/C38H20N2/c1-2-9-22-18-33-28(16-21(22)8-1)26-13-7-14-27-29-19-31-35(20-34(29)40(33)37(26)27)39-32-15-6-5-12-25(32)30-17-23-10-3-4-11-24(23)36(31)38(30)39/h1-20H. The largest absolute Gasteiger partial charge is 0.308 e. The minimum atomic E-state index is 1.27. The highest BCUT2D eigenvalue weighted by Crippen LogP contribution is 2.46. The number of rotatable bonds is 0. The Morgan fingerprint density at radius 1 is 0.300 bits per heavy atom. The highest BCUT2D eigenvalue weighted by Gasteiger charge is 2.23. The second kappa shape index (κ2) is 6.44. The Labute approximate surface area is 227 Å². The van der Waals surface area contributed by atoms with Gasteiger partial charge in [0.1, 0.15) is 0 Å². The summed E-state index contributed by atoms with van der Waals surface area (Å²) in [5.74, 6) is 0. The molecule has 0 saturated heterocycles. The Kier molecular flexibility index (Phi) is 3.17. The van der Waals surface area contributed by atoms with E-state index in [2.05, 4.69) is 130 Å². The Morgan fingerprint density at radius 3 is 1.73 bits per heavy atom.